The largest absolute Gasteiger partial charge is 0.493 e. The third-order valence-electron chi connectivity index (χ3n) is 6.83. The Bertz CT molecular complexity index is 1240. The number of para-hydroxylation sites is 2. The van der Waals surface area contributed by atoms with Crippen molar-refractivity contribution in [2.75, 3.05) is 34.4 Å². The highest BCUT2D eigenvalue weighted by atomic mass is 16.5. The molecule has 5 rings (SSSR count). The van der Waals surface area contributed by atoms with E-state index in [0.717, 1.165) is 42.5 Å². The van der Waals surface area contributed by atoms with E-state index in [1.165, 1.54) is 0 Å². The van der Waals surface area contributed by atoms with Gasteiger partial charge in [-0.3, -0.25) is 14.3 Å². The number of methoxy groups -OCH3 is 3. The molecular weight excluding hydrogens is 410 g/mol. The third kappa shape index (κ3) is 3.09. The number of nitrogens with zero attached hydrogens (tertiary/aromatic N) is 2. The normalized spacial score (nSPS) is 19.3. The van der Waals surface area contributed by atoms with Crippen molar-refractivity contribution in [2.45, 2.75) is 31.3 Å². The summed E-state index contributed by atoms with van der Waals surface area (Å²) in [7, 11) is 4.70. The van der Waals surface area contributed by atoms with Gasteiger partial charge in [-0.2, -0.15) is 0 Å². The average molecular weight is 437 g/mol. The minimum atomic E-state index is -0.239. The molecule has 1 fully saturated rings. The lowest BCUT2D eigenvalue weighted by Crippen LogP contribution is -2.45. The quantitative estimate of drug-likeness (QED) is 0.661. The van der Waals surface area contributed by atoms with E-state index in [0.29, 0.717) is 29.2 Å². The molecule has 1 unspecified atom stereocenters. The van der Waals surface area contributed by atoms with Gasteiger partial charge in [-0.05, 0) is 37.5 Å². The number of carbonyl (C=O) groups is 1. The molecule has 1 aliphatic carbocycles. The Morgan fingerprint density at radius 2 is 1.69 bits per heavy atom. The van der Waals surface area contributed by atoms with Crippen LogP contribution in [-0.2, 0) is 6.42 Å². The summed E-state index contributed by atoms with van der Waals surface area (Å²) in [6, 6.07) is 9.41. The molecule has 1 saturated heterocycles. The fourth-order valence-electron chi connectivity index (χ4n) is 5.29. The van der Waals surface area contributed by atoms with Crippen molar-refractivity contribution in [1.82, 2.24) is 14.5 Å². The summed E-state index contributed by atoms with van der Waals surface area (Å²) in [5.41, 5.74) is 3.23. The molecule has 1 N–H and O–H groups in total. The summed E-state index contributed by atoms with van der Waals surface area (Å²) in [6.07, 6.45) is 2.20. The second kappa shape index (κ2) is 8.02. The number of fused-ring (bicyclic) bond motifs is 2. The number of imidazole rings is 1. The molecule has 1 aliphatic heterocycles. The van der Waals surface area contributed by atoms with E-state index in [-0.39, 0.29) is 23.6 Å². The molecule has 2 heterocycles. The number of rotatable bonds is 5. The van der Waals surface area contributed by atoms with Gasteiger partial charge in [0.1, 0.15) is 0 Å². The van der Waals surface area contributed by atoms with Crippen LogP contribution in [0.4, 0.5) is 0 Å². The van der Waals surface area contributed by atoms with E-state index in [1.807, 2.05) is 28.8 Å². The first kappa shape index (κ1) is 20.6. The van der Waals surface area contributed by atoms with E-state index >= 15 is 0 Å². The molecule has 8 nitrogen and oxygen atoms in total. The fraction of sp³-hybridized carbons (Fsp3) is 0.417. The molecule has 2 aliphatic rings. The summed E-state index contributed by atoms with van der Waals surface area (Å²) in [6.45, 7) is 1.50. The summed E-state index contributed by atoms with van der Waals surface area (Å²) in [5.74, 6) is 1.66. The van der Waals surface area contributed by atoms with Crippen molar-refractivity contribution in [1.29, 1.82) is 0 Å². The van der Waals surface area contributed by atoms with E-state index < -0.39 is 0 Å². The van der Waals surface area contributed by atoms with Crippen LogP contribution in [0.5, 0.6) is 17.2 Å². The predicted molar refractivity (Wildman–Crippen MR) is 120 cm³/mol. The average Bonchev–Trinajstić information content (AvgIpc) is 3.33. The van der Waals surface area contributed by atoms with Gasteiger partial charge in [0.15, 0.2) is 17.3 Å². The molecule has 0 amide bonds. The maximum atomic E-state index is 13.3. The summed E-state index contributed by atoms with van der Waals surface area (Å²) < 4.78 is 18.4. The molecule has 3 aromatic rings. The zero-order valence-electron chi connectivity index (χ0n) is 18.5. The first-order chi connectivity index (χ1) is 15.6. The minimum absolute atomic E-state index is 0.0714. The van der Waals surface area contributed by atoms with Gasteiger partial charge in [-0.25, -0.2) is 4.79 Å². The van der Waals surface area contributed by atoms with Gasteiger partial charge in [0, 0.05) is 30.3 Å². The molecule has 0 bridgehead atoms. The van der Waals surface area contributed by atoms with Crippen molar-refractivity contribution in [2.24, 2.45) is 0 Å². The van der Waals surface area contributed by atoms with Crippen LogP contribution in [0, 0.1) is 0 Å². The number of hydrogen-bond acceptors (Lipinski definition) is 6. The van der Waals surface area contributed by atoms with Gasteiger partial charge in [0.2, 0.25) is 5.75 Å². The Kier molecular flexibility index (Phi) is 5.17. The predicted octanol–water partition coefficient (Wildman–Crippen LogP) is 2.80. The van der Waals surface area contributed by atoms with Gasteiger partial charge in [-0.1, -0.05) is 12.1 Å². The highest BCUT2D eigenvalue weighted by Gasteiger charge is 2.40. The van der Waals surface area contributed by atoms with Crippen molar-refractivity contribution in [3.8, 4) is 17.2 Å². The molecule has 8 heteroatoms. The lowest BCUT2D eigenvalue weighted by atomic mass is 10.0. The Balaban J connectivity index is 1.38. The topological polar surface area (TPSA) is 85.8 Å². The number of Topliss-reactive ketones (excluding diaryl/α,β-unsaturated/α-hetero) is 1. The molecule has 0 radical (unpaired) electrons. The van der Waals surface area contributed by atoms with Crippen molar-refractivity contribution >= 4 is 16.8 Å². The molecule has 168 valence electrons. The molecule has 1 aromatic heterocycles. The fourth-order valence-corrected chi connectivity index (χ4v) is 5.29. The summed E-state index contributed by atoms with van der Waals surface area (Å²) >= 11 is 0. The monoisotopic (exact) mass is 437 g/mol. The second-order valence-electron chi connectivity index (χ2n) is 8.34. The SMILES string of the molecule is COc1cc2c(c(OC)c1OC)CC(N1CCC(n3c(=O)[nH]c4ccccc43)CC1)C2=O. The molecule has 32 heavy (non-hydrogen) atoms. The lowest BCUT2D eigenvalue weighted by Gasteiger charge is -2.35. The molecule has 2 aromatic carbocycles. The van der Waals surface area contributed by atoms with Crippen LogP contribution in [0.2, 0.25) is 0 Å². The Morgan fingerprint density at radius 1 is 0.969 bits per heavy atom. The van der Waals surface area contributed by atoms with E-state index in [2.05, 4.69) is 9.88 Å². The van der Waals surface area contributed by atoms with Gasteiger partial charge >= 0.3 is 5.69 Å². The number of aromatic nitrogens is 2. The Hall–Kier alpha value is -3.26. The van der Waals surface area contributed by atoms with Gasteiger partial charge in [-0.15, -0.1) is 0 Å². The smallest absolute Gasteiger partial charge is 0.326 e. The van der Waals surface area contributed by atoms with Crippen LogP contribution >= 0.6 is 0 Å². The summed E-state index contributed by atoms with van der Waals surface area (Å²) in [4.78, 5) is 31.1. The van der Waals surface area contributed by atoms with Crippen molar-refractivity contribution < 1.29 is 19.0 Å². The second-order valence-corrected chi connectivity index (χ2v) is 8.34. The number of aromatic amines is 1. The van der Waals surface area contributed by atoms with E-state index in [1.54, 1.807) is 27.4 Å². The van der Waals surface area contributed by atoms with Crippen LogP contribution < -0.4 is 19.9 Å². The number of hydrogen-bond donors (Lipinski definition) is 1. The number of benzene rings is 2. The maximum absolute atomic E-state index is 13.3. The van der Waals surface area contributed by atoms with Crippen LogP contribution in [0.15, 0.2) is 35.1 Å². The van der Waals surface area contributed by atoms with Crippen LogP contribution in [0.3, 0.4) is 0 Å². The van der Waals surface area contributed by atoms with Crippen molar-refractivity contribution in [3.63, 3.8) is 0 Å². The minimum Gasteiger partial charge on any atom is -0.493 e. The number of ketones is 1. The van der Waals surface area contributed by atoms with Gasteiger partial charge in [0.25, 0.3) is 0 Å². The van der Waals surface area contributed by atoms with E-state index in [9.17, 15) is 9.59 Å². The highest BCUT2D eigenvalue weighted by molar-refractivity contribution is 6.06. The highest BCUT2D eigenvalue weighted by Crippen LogP contribution is 2.46. The molecule has 1 atom stereocenters. The number of nitrogens with one attached hydrogen (secondary N) is 1. The zero-order chi connectivity index (χ0) is 22.4. The number of H-pyrrole nitrogens is 1. The van der Waals surface area contributed by atoms with E-state index in [4.69, 9.17) is 14.2 Å². The molecule has 0 spiro atoms. The molecular formula is C24H27N3O5. The third-order valence-corrected chi connectivity index (χ3v) is 6.83. The number of carbonyl (C=O) groups excluding carboxylic acids is 1. The first-order valence-electron chi connectivity index (χ1n) is 10.9. The number of ether oxygens (including phenoxy) is 3. The molecule has 0 saturated carbocycles. The van der Waals surface area contributed by atoms with Gasteiger partial charge in [0.05, 0.1) is 38.4 Å². The van der Waals surface area contributed by atoms with Crippen LogP contribution in [0.1, 0.15) is 34.8 Å². The van der Waals surface area contributed by atoms with Gasteiger partial charge < -0.3 is 19.2 Å². The van der Waals surface area contributed by atoms with Crippen LogP contribution in [0.25, 0.3) is 11.0 Å². The lowest BCUT2D eigenvalue weighted by molar-refractivity contribution is 0.0776. The van der Waals surface area contributed by atoms with Crippen molar-refractivity contribution in [3.05, 3.63) is 51.9 Å². The zero-order valence-corrected chi connectivity index (χ0v) is 18.5. The maximum Gasteiger partial charge on any atom is 0.326 e. The Labute approximate surface area is 185 Å². The number of likely N-dealkylation sites (tertiary alicyclic amines) is 1. The first-order valence-corrected chi connectivity index (χ1v) is 10.9. The summed E-state index contributed by atoms with van der Waals surface area (Å²) in [5, 5.41) is 0. The Morgan fingerprint density at radius 3 is 2.38 bits per heavy atom. The standard InChI is InChI=1S/C24H27N3O5/c1-30-20-13-15-16(22(31-2)23(20)32-3)12-19(21(15)28)26-10-8-14(9-11-26)27-18-7-5-4-6-17(18)25-24(27)29/h4-7,13-14,19H,8-12H2,1-3H3,(H,25,29). The number of piperidine rings is 1. The van der Waals surface area contributed by atoms with Crippen LogP contribution in [-0.4, -0.2) is 60.7 Å².